The highest BCUT2D eigenvalue weighted by Crippen LogP contribution is 2.40. The van der Waals surface area contributed by atoms with Gasteiger partial charge in [-0.25, -0.2) is 14.5 Å². The first-order valence-corrected chi connectivity index (χ1v) is 12.3. The van der Waals surface area contributed by atoms with Gasteiger partial charge in [-0.1, -0.05) is 34.6 Å². The lowest BCUT2D eigenvalue weighted by atomic mass is 9.92. The smallest absolute Gasteiger partial charge is 0.307 e. The summed E-state index contributed by atoms with van der Waals surface area (Å²) in [6, 6.07) is 3.59. The van der Waals surface area contributed by atoms with Crippen molar-refractivity contribution in [3.63, 3.8) is 0 Å². The molecule has 3 aromatic rings. The van der Waals surface area contributed by atoms with Crippen LogP contribution in [0.15, 0.2) is 21.7 Å². The van der Waals surface area contributed by atoms with Gasteiger partial charge >= 0.3 is 5.69 Å². The summed E-state index contributed by atoms with van der Waals surface area (Å²) >= 11 is 0. The van der Waals surface area contributed by atoms with E-state index in [2.05, 4.69) is 31.1 Å². The van der Waals surface area contributed by atoms with Crippen LogP contribution in [0.3, 0.4) is 0 Å². The van der Waals surface area contributed by atoms with Crippen molar-refractivity contribution >= 4 is 22.8 Å². The van der Waals surface area contributed by atoms with Crippen LogP contribution in [0.1, 0.15) is 95.9 Å². The SMILES string of the molecule is CC(C)Cn1c(=O)[nH]c(=O)c2c(C(=O)Nc3cc(C(C)(C)C)nn3C(C)(C)C)cc(C3CC3)nc21. The second-order valence-electron chi connectivity index (χ2n) is 12.0. The van der Waals surface area contributed by atoms with Gasteiger partial charge in [0.15, 0.2) is 5.65 Å². The van der Waals surface area contributed by atoms with Crippen molar-refractivity contribution in [1.29, 1.82) is 0 Å². The summed E-state index contributed by atoms with van der Waals surface area (Å²) < 4.78 is 3.27. The predicted molar refractivity (Wildman–Crippen MR) is 137 cm³/mol. The predicted octanol–water partition coefficient (Wildman–Crippen LogP) is 4.12. The number of rotatable bonds is 5. The highest BCUT2D eigenvalue weighted by atomic mass is 16.2. The van der Waals surface area contributed by atoms with Crippen molar-refractivity contribution in [3.8, 4) is 0 Å². The Bertz CT molecular complexity index is 1410. The molecule has 1 saturated carbocycles. The Hall–Kier alpha value is -3.23. The molecule has 188 valence electrons. The lowest BCUT2D eigenvalue weighted by molar-refractivity contribution is 0.102. The maximum absolute atomic E-state index is 13.7. The zero-order valence-corrected chi connectivity index (χ0v) is 21.9. The molecule has 0 radical (unpaired) electrons. The van der Waals surface area contributed by atoms with Gasteiger partial charge in [-0.15, -0.1) is 0 Å². The standard InChI is InChI=1S/C26H36N6O3/c1-14(2)13-31-21-20(23(34)29-24(31)35)16(11-17(27-21)15-9-10-15)22(33)28-19-12-18(25(3,4)5)30-32(19)26(6,7)8/h11-12,14-15H,9-10,13H2,1-8H3,(H,28,33)(H,29,34,35). The monoisotopic (exact) mass is 480 g/mol. The molecule has 0 bridgehead atoms. The van der Waals surface area contributed by atoms with E-state index in [1.165, 1.54) is 4.57 Å². The van der Waals surface area contributed by atoms with Gasteiger partial charge < -0.3 is 5.32 Å². The van der Waals surface area contributed by atoms with Crippen LogP contribution in [0, 0.1) is 5.92 Å². The summed E-state index contributed by atoms with van der Waals surface area (Å²) in [4.78, 5) is 46.4. The van der Waals surface area contributed by atoms with Crippen molar-refractivity contribution in [2.24, 2.45) is 5.92 Å². The summed E-state index contributed by atoms with van der Waals surface area (Å²) in [6.07, 6.45) is 1.95. The number of anilines is 1. The zero-order valence-electron chi connectivity index (χ0n) is 21.9. The molecule has 0 unspecified atom stereocenters. The molecular weight excluding hydrogens is 444 g/mol. The molecule has 1 aliphatic carbocycles. The van der Waals surface area contributed by atoms with Gasteiger partial charge in [-0.05, 0) is 45.6 Å². The molecule has 1 aliphatic rings. The zero-order chi connectivity index (χ0) is 25.9. The number of nitrogens with one attached hydrogen (secondary N) is 2. The molecule has 1 amide bonds. The first-order chi connectivity index (χ1) is 16.2. The van der Waals surface area contributed by atoms with Crippen molar-refractivity contribution in [1.82, 2.24) is 24.3 Å². The largest absolute Gasteiger partial charge is 0.330 e. The molecule has 4 rings (SSSR count). The summed E-state index contributed by atoms with van der Waals surface area (Å²) in [5.74, 6) is 0.519. The van der Waals surface area contributed by atoms with E-state index >= 15 is 0 Å². The number of hydrogen-bond donors (Lipinski definition) is 2. The minimum Gasteiger partial charge on any atom is -0.307 e. The Morgan fingerprint density at radius 1 is 1.14 bits per heavy atom. The summed E-state index contributed by atoms with van der Waals surface area (Å²) in [6.45, 7) is 16.6. The number of aromatic amines is 1. The normalized spacial score (nSPS) is 14.7. The van der Waals surface area contributed by atoms with Gasteiger partial charge in [0, 0.05) is 29.6 Å². The van der Waals surface area contributed by atoms with E-state index in [1.54, 1.807) is 10.7 Å². The summed E-state index contributed by atoms with van der Waals surface area (Å²) in [5, 5.41) is 7.90. The number of pyridine rings is 1. The van der Waals surface area contributed by atoms with Gasteiger partial charge in [0.2, 0.25) is 0 Å². The quantitative estimate of drug-likeness (QED) is 0.570. The molecule has 9 heteroatoms. The van der Waals surface area contributed by atoms with Gasteiger partial charge in [0.05, 0.1) is 22.2 Å². The molecular formula is C26H36N6O3. The van der Waals surface area contributed by atoms with Crippen LogP contribution >= 0.6 is 0 Å². The molecule has 0 atom stereocenters. The Balaban J connectivity index is 1.89. The van der Waals surface area contributed by atoms with Crippen LogP contribution in [-0.2, 0) is 17.5 Å². The number of carbonyl (C=O) groups is 1. The average Bonchev–Trinajstić information content (AvgIpc) is 3.47. The van der Waals surface area contributed by atoms with Crippen LogP contribution < -0.4 is 16.6 Å². The molecule has 3 heterocycles. The fourth-order valence-corrected chi connectivity index (χ4v) is 4.13. The summed E-state index contributed by atoms with van der Waals surface area (Å²) in [5.41, 5.74) is 0.378. The third-order valence-corrected chi connectivity index (χ3v) is 6.11. The van der Waals surface area contributed by atoms with E-state index in [4.69, 9.17) is 10.1 Å². The van der Waals surface area contributed by atoms with Gasteiger partial charge in [0.1, 0.15) is 5.82 Å². The third-order valence-electron chi connectivity index (χ3n) is 6.11. The number of fused-ring (bicyclic) bond motifs is 1. The van der Waals surface area contributed by atoms with E-state index in [-0.39, 0.29) is 39.4 Å². The summed E-state index contributed by atoms with van der Waals surface area (Å²) in [7, 11) is 0. The minimum atomic E-state index is -0.607. The number of amides is 1. The number of hydrogen-bond acceptors (Lipinski definition) is 5. The topological polar surface area (TPSA) is 115 Å². The van der Waals surface area contributed by atoms with E-state index < -0.39 is 17.2 Å². The lowest BCUT2D eigenvalue weighted by Crippen LogP contribution is -2.34. The van der Waals surface area contributed by atoms with Gasteiger partial charge in [0.25, 0.3) is 11.5 Å². The van der Waals surface area contributed by atoms with Crippen molar-refractivity contribution in [2.75, 3.05) is 5.32 Å². The molecule has 0 aliphatic heterocycles. The second-order valence-corrected chi connectivity index (χ2v) is 12.0. The average molecular weight is 481 g/mol. The Kier molecular flexibility index (Phi) is 6.02. The molecule has 0 spiro atoms. The highest BCUT2D eigenvalue weighted by Gasteiger charge is 2.30. The molecule has 0 saturated heterocycles. The Morgan fingerprint density at radius 3 is 2.34 bits per heavy atom. The third kappa shape index (κ3) is 4.94. The lowest BCUT2D eigenvalue weighted by Gasteiger charge is -2.23. The molecule has 0 aromatic carbocycles. The van der Waals surface area contributed by atoms with Crippen molar-refractivity contribution in [3.05, 3.63) is 49.9 Å². The highest BCUT2D eigenvalue weighted by molar-refractivity contribution is 6.11. The molecule has 2 N–H and O–H groups in total. The van der Waals surface area contributed by atoms with E-state index in [1.807, 2.05) is 40.7 Å². The van der Waals surface area contributed by atoms with Crippen molar-refractivity contribution < 1.29 is 4.79 Å². The van der Waals surface area contributed by atoms with Crippen LogP contribution in [0.25, 0.3) is 11.0 Å². The van der Waals surface area contributed by atoms with E-state index in [9.17, 15) is 14.4 Å². The van der Waals surface area contributed by atoms with E-state index in [0.29, 0.717) is 12.4 Å². The van der Waals surface area contributed by atoms with Crippen LogP contribution in [0.5, 0.6) is 0 Å². The van der Waals surface area contributed by atoms with Crippen molar-refractivity contribution in [2.45, 2.75) is 91.6 Å². The van der Waals surface area contributed by atoms with Crippen LogP contribution in [0.2, 0.25) is 0 Å². The maximum Gasteiger partial charge on any atom is 0.330 e. The Labute approximate surface area is 205 Å². The first kappa shape index (κ1) is 24.9. The van der Waals surface area contributed by atoms with Crippen LogP contribution in [-0.4, -0.2) is 30.2 Å². The molecule has 3 aromatic heterocycles. The van der Waals surface area contributed by atoms with Crippen LogP contribution in [0.4, 0.5) is 5.82 Å². The maximum atomic E-state index is 13.7. The molecule has 1 fully saturated rings. The first-order valence-electron chi connectivity index (χ1n) is 12.3. The molecule has 35 heavy (non-hydrogen) atoms. The number of carbonyl (C=O) groups excluding carboxylic acids is 1. The fourth-order valence-electron chi connectivity index (χ4n) is 4.13. The van der Waals surface area contributed by atoms with Gasteiger partial charge in [-0.3, -0.25) is 19.1 Å². The number of aromatic nitrogens is 5. The number of H-pyrrole nitrogens is 1. The van der Waals surface area contributed by atoms with E-state index in [0.717, 1.165) is 24.2 Å². The fraction of sp³-hybridized carbons (Fsp3) is 0.577. The number of nitrogens with zero attached hydrogens (tertiary/aromatic N) is 4. The Morgan fingerprint density at radius 2 is 1.80 bits per heavy atom. The minimum absolute atomic E-state index is 0.130. The van der Waals surface area contributed by atoms with Gasteiger partial charge in [-0.2, -0.15) is 5.10 Å². The second kappa shape index (κ2) is 8.46. The molecule has 9 nitrogen and oxygen atoms in total.